The van der Waals surface area contributed by atoms with Crippen LogP contribution in [0.3, 0.4) is 0 Å². The van der Waals surface area contributed by atoms with Gasteiger partial charge in [-0.3, -0.25) is 4.79 Å². The smallest absolute Gasteiger partial charge is 0.227 e. The highest BCUT2D eigenvalue weighted by molar-refractivity contribution is 5.97. The molecule has 1 aromatic rings. The Morgan fingerprint density at radius 3 is 2.39 bits per heavy atom. The van der Waals surface area contributed by atoms with Crippen LogP contribution in [-0.4, -0.2) is 20.1 Å². The van der Waals surface area contributed by atoms with E-state index < -0.39 is 0 Å². The van der Waals surface area contributed by atoms with Crippen molar-refractivity contribution in [1.82, 2.24) is 0 Å². The van der Waals surface area contributed by atoms with Gasteiger partial charge in [-0.1, -0.05) is 6.92 Å². The zero-order valence-electron chi connectivity index (χ0n) is 10.8. The summed E-state index contributed by atoms with van der Waals surface area (Å²) < 4.78 is 10.3. The average Bonchev–Trinajstić information content (AvgIpc) is 3.08. The molecule has 5 heteroatoms. The number of nitrogen functional groups attached to an aromatic ring is 1. The Balaban J connectivity index is 2.19. The summed E-state index contributed by atoms with van der Waals surface area (Å²) in [7, 11) is 3.09. The SMILES string of the molecule is COc1cc(N)c(NC(=O)C2CC2C)cc1OC. The first-order valence-electron chi connectivity index (χ1n) is 5.89. The van der Waals surface area contributed by atoms with Gasteiger partial charge in [0.25, 0.3) is 0 Å². The van der Waals surface area contributed by atoms with Gasteiger partial charge in [-0.25, -0.2) is 0 Å². The Morgan fingerprint density at radius 2 is 1.89 bits per heavy atom. The van der Waals surface area contributed by atoms with E-state index in [0.29, 0.717) is 28.8 Å². The molecule has 98 valence electrons. The quantitative estimate of drug-likeness (QED) is 0.800. The van der Waals surface area contributed by atoms with E-state index in [0.717, 1.165) is 6.42 Å². The van der Waals surface area contributed by atoms with Crippen molar-refractivity contribution in [2.75, 3.05) is 25.3 Å². The van der Waals surface area contributed by atoms with E-state index in [9.17, 15) is 4.79 Å². The summed E-state index contributed by atoms with van der Waals surface area (Å²) in [5.74, 6) is 1.68. The predicted octanol–water partition coefficient (Wildman–Crippen LogP) is 1.88. The van der Waals surface area contributed by atoms with Gasteiger partial charge < -0.3 is 20.5 Å². The van der Waals surface area contributed by atoms with Crippen LogP contribution in [-0.2, 0) is 4.79 Å². The van der Waals surface area contributed by atoms with Crippen LogP contribution in [0.4, 0.5) is 11.4 Å². The molecule has 0 saturated heterocycles. The standard InChI is InChI=1S/C13H18N2O3/c1-7-4-8(7)13(16)15-10-6-12(18-3)11(17-2)5-9(10)14/h5-8H,4,14H2,1-3H3,(H,15,16). The molecule has 1 fully saturated rings. The van der Waals surface area contributed by atoms with Crippen LogP contribution in [0.15, 0.2) is 12.1 Å². The molecule has 5 nitrogen and oxygen atoms in total. The van der Waals surface area contributed by atoms with E-state index in [4.69, 9.17) is 15.2 Å². The molecule has 0 aromatic heterocycles. The third-order valence-electron chi connectivity index (χ3n) is 3.26. The molecule has 0 bridgehead atoms. The van der Waals surface area contributed by atoms with Gasteiger partial charge in [0.15, 0.2) is 11.5 Å². The molecule has 0 heterocycles. The Morgan fingerprint density at radius 1 is 1.33 bits per heavy atom. The maximum atomic E-state index is 11.9. The number of rotatable bonds is 4. The van der Waals surface area contributed by atoms with Gasteiger partial charge in [0.1, 0.15) is 0 Å². The highest BCUT2D eigenvalue weighted by atomic mass is 16.5. The lowest BCUT2D eigenvalue weighted by molar-refractivity contribution is -0.117. The third-order valence-corrected chi connectivity index (χ3v) is 3.26. The second-order valence-corrected chi connectivity index (χ2v) is 4.60. The predicted molar refractivity (Wildman–Crippen MR) is 69.9 cm³/mol. The fourth-order valence-corrected chi connectivity index (χ4v) is 1.92. The minimum absolute atomic E-state index is 0.0152. The zero-order chi connectivity index (χ0) is 13.3. The highest BCUT2D eigenvalue weighted by Crippen LogP contribution is 2.40. The maximum Gasteiger partial charge on any atom is 0.227 e. The summed E-state index contributed by atoms with van der Waals surface area (Å²) in [5.41, 5.74) is 6.91. The van der Waals surface area contributed by atoms with Crippen molar-refractivity contribution in [3.63, 3.8) is 0 Å². The number of ether oxygens (including phenoxy) is 2. The first-order valence-corrected chi connectivity index (χ1v) is 5.89. The molecule has 0 aliphatic heterocycles. The van der Waals surface area contributed by atoms with Crippen LogP contribution in [0, 0.1) is 11.8 Å². The van der Waals surface area contributed by atoms with Crippen molar-refractivity contribution in [3.8, 4) is 11.5 Å². The van der Waals surface area contributed by atoms with Crippen LogP contribution >= 0.6 is 0 Å². The summed E-state index contributed by atoms with van der Waals surface area (Å²) in [4.78, 5) is 11.9. The molecule has 1 aliphatic rings. The summed E-state index contributed by atoms with van der Waals surface area (Å²) in [6, 6.07) is 3.32. The molecule has 3 N–H and O–H groups in total. The van der Waals surface area contributed by atoms with Crippen LogP contribution < -0.4 is 20.5 Å². The number of hydrogen-bond acceptors (Lipinski definition) is 4. The number of anilines is 2. The number of benzene rings is 1. The monoisotopic (exact) mass is 250 g/mol. The van der Waals surface area contributed by atoms with E-state index in [1.165, 1.54) is 0 Å². The fraction of sp³-hybridized carbons (Fsp3) is 0.462. The van der Waals surface area contributed by atoms with Crippen LogP contribution in [0.25, 0.3) is 0 Å². The topological polar surface area (TPSA) is 73.6 Å². The van der Waals surface area contributed by atoms with Gasteiger partial charge in [-0.2, -0.15) is 0 Å². The second kappa shape index (κ2) is 4.76. The lowest BCUT2D eigenvalue weighted by atomic mass is 10.2. The summed E-state index contributed by atoms with van der Waals surface area (Å²) >= 11 is 0. The Labute approximate surface area is 106 Å². The van der Waals surface area contributed by atoms with Crippen molar-refractivity contribution in [2.45, 2.75) is 13.3 Å². The molecule has 2 rings (SSSR count). The summed E-state index contributed by atoms with van der Waals surface area (Å²) in [5, 5.41) is 2.83. The maximum absolute atomic E-state index is 11.9. The molecule has 1 aromatic carbocycles. The summed E-state index contributed by atoms with van der Waals surface area (Å²) in [6.07, 6.45) is 0.943. The second-order valence-electron chi connectivity index (χ2n) is 4.60. The summed E-state index contributed by atoms with van der Waals surface area (Å²) in [6.45, 7) is 2.06. The van der Waals surface area contributed by atoms with Gasteiger partial charge in [0.05, 0.1) is 25.6 Å². The Bertz CT molecular complexity index is 474. The minimum atomic E-state index is 0.0152. The van der Waals surface area contributed by atoms with E-state index in [1.807, 2.05) is 0 Å². The number of carbonyl (C=O) groups excluding carboxylic acids is 1. The molecule has 18 heavy (non-hydrogen) atoms. The Hall–Kier alpha value is -1.91. The normalized spacial score (nSPS) is 21.3. The number of methoxy groups -OCH3 is 2. The van der Waals surface area contributed by atoms with Gasteiger partial charge in [-0.15, -0.1) is 0 Å². The Kier molecular flexibility index (Phi) is 3.32. The largest absolute Gasteiger partial charge is 0.493 e. The third kappa shape index (κ3) is 2.34. The number of hydrogen-bond donors (Lipinski definition) is 2. The van der Waals surface area contributed by atoms with Gasteiger partial charge in [0.2, 0.25) is 5.91 Å². The van der Waals surface area contributed by atoms with Crippen molar-refractivity contribution < 1.29 is 14.3 Å². The van der Waals surface area contributed by atoms with E-state index in [-0.39, 0.29) is 11.8 Å². The molecule has 1 amide bonds. The average molecular weight is 250 g/mol. The molecule has 0 radical (unpaired) electrons. The number of nitrogens with one attached hydrogen (secondary N) is 1. The first kappa shape index (κ1) is 12.5. The molecule has 2 atom stereocenters. The molecule has 1 aliphatic carbocycles. The zero-order valence-corrected chi connectivity index (χ0v) is 10.8. The van der Waals surface area contributed by atoms with Crippen molar-refractivity contribution in [3.05, 3.63) is 12.1 Å². The molecule has 0 spiro atoms. The van der Waals surface area contributed by atoms with Crippen LogP contribution in [0.5, 0.6) is 11.5 Å². The van der Waals surface area contributed by atoms with Gasteiger partial charge in [-0.05, 0) is 12.3 Å². The van der Waals surface area contributed by atoms with Gasteiger partial charge >= 0.3 is 0 Å². The lowest BCUT2D eigenvalue weighted by Gasteiger charge is -2.13. The van der Waals surface area contributed by atoms with Crippen molar-refractivity contribution in [1.29, 1.82) is 0 Å². The van der Waals surface area contributed by atoms with Gasteiger partial charge in [0, 0.05) is 18.1 Å². The number of amides is 1. The fourth-order valence-electron chi connectivity index (χ4n) is 1.92. The molecule has 1 saturated carbocycles. The van der Waals surface area contributed by atoms with E-state index >= 15 is 0 Å². The number of nitrogens with two attached hydrogens (primary N) is 1. The molecular formula is C13H18N2O3. The minimum Gasteiger partial charge on any atom is -0.493 e. The van der Waals surface area contributed by atoms with Crippen LogP contribution in [0.2, 0.25) is 0 Å². The first-order chi connectivity index (χ1) is 8.56. The van der Waals surface area contributed by atoms with E-state index in [1.54, 1.807) is 26.4 Å². The van der Waals surface area contributed by atoms with Crippen molar-refractivity contribution in [2.24, 2.45) is 11.8 Å². The van der Waals surface area contributed by atoms with Crippen molar-refractivity contribution >= 4 is 17.3 Å². The highest BCUT2D eigenvalue weighted by Gasteiger charge is 2.39. The molecule has 2 unspecified atom stereocenters. The number of carbonyl (C=O) groups is 1. The lowest BCUT2D eigenvalue weighted by Crippen LogP contribution is -2.15. The van der Waals surface area contributed by atoms with E-state index in [2.05, 4.69) is 12.2 Å². The van der Waals surface area contributed by atoms with Crippen LogP contribution in [0.1, 0.15) is 13.3 Å². The molecular weight excluding hydrogens is 232 g/mol.